The molecule has 1 heterocycles. The third kappa shape index (κ3) is 3.24. The molecule has 0 aliphatic rings. The fraction of sp³-hybridized carbons (Fsp3) is 0.308. The molecule has 1 aromatic heterocycles. The first-order valence-corrected chi connectivity index (χ1v) is 8.47. The molecule has 0 fully saturated rings. The number of hydrogen-bond donors (Lipinski definition) is 2. The zero-order valence-electron chi connectivity index (χ0n) is 11.4. The van der Waals surface area contributed by atoms with E-state index in [1.54, 1.807) is 24.7 Å². The molecule has 3 N–H and O–H groups in total. The fourth-order valence-corrected chi connectivity index (χ4v) is 3.86. The van der Waals surface area contributed by atoms with Crippen molar-refractivity contribution in [2.24, 2.45) is 5.73 Å². The van der Waals surface area contributed by atoms with Crippen LogP contribution in [0.25, 0.3) is 0 Å². The second kappa shape index (κ2) is 6.01. The van der Waals surface area contributed by atoms with Gasteiger partial charge in [-0.3, -0.25) is 4.98 Å². The second-order valence-corrected chi connectivity index (χ2v) is 7.25. The third-order valence-electron chi connectivity index (χ3n) is 3.06. The van der Waals surface area contributed by atoms with Crippen molar-refractivity contribution < 1.29 is 8.42 Å². The maximum atomic E-state index is 12.4. The zero-order chi connectivity index (χ0) is 14.8. The summed E-state index contributed by atoms with van der Waals surface area (Å²) in [6, 6.07) is 3.50. The number of hydrogen-bond acceptors (Lipinski definition) is 5. The Balaban J connectivity index is 2.29. The summed E-state index contributed by atoms with van der Waals surface area (Å²) in [5, 5.41) is 0. The maximum absolute atomic E-state index is 12.4. The third-order valence-corrected chi connectivity index (χ3v) is 5.39. The molecule has 0 bridgehead atoms. The average molecular weight is 311 g/mol. The van der Waals surface area contributed by atoms with E-state index < -0.39 is 10.0 Å². The van der Waals surface area contributed by atoms with Gasteiger partial charge in [0.15, 0.2) is 0 Å². The van der Waals surface area contributed by atoms with Crippen LogP contribution in [0.3, 0.4) is 0 Å². The molecule has 0 amide bonds. The number of nitrogens with one attached hydrogen (secondary N) is 1. The number of benzene rings is 1. The van der Waals surface area contributed by atoms with Crippen molar-refractivity contribution in [2.45, 2.75) is 31.8 Å². The first-order chi connectivity index (χ1) is 9.44. The van der Waals surface area contributed by atoms with Crippen molar-refractivity contribution >= 4 is 21.4 Å². The predicted octanol–water partition coefficient (Wildman–Crippen LogP) is 1.70. The summed E-state index contributed by atoms with van der Waals surface area (Å²) in [6.07, 6.45) is 1.65. The second-order valence-electron chi connectivity index (χ2n) is 4.54. The molecule has 5 nitrogen and oxygen atoms in total. The zero-order valence-corrected chi connectivity index (χ0v) is 13.0. The molecule has 0 atom stereocenters. The van der Waals surface area contributed by atoms with E-state index in [1.165, 1.54) is 11.3 Å². The first-order valence-electron chi connectivity index (χ1n) is 6.11. The minimum atomic E-state index is -3.54. The smallest absolute Gasteiger partial charge is 0.241 e. The Morgan fingerprint density at radius 3 is 2.65 bits per heavy atom. The summed E-state index contributed by atoms with van der Waals surface area (Å²) in [4.78, 5) is 5.08. The molecule has 1 aromatic carbocycles. The van der Waals surface area contributed by atoms with Crippen LogP contribution in [-0.2, 0) is 23.1 Å². The van der Waals surface area contributed by atoms with Gasteiger partial charge in [0, 0.05) is 24.2 Å². The fourth-order valence-electron chi connectivity index (χ4n) is 1.96. The van der Waals surface area contributed by atoms with Crippen LogP contribution in [-0.4, -0.2) is 13.4 Å². The molecule has 0 spiro atoms. The summed E-state index contributed by atoms with van der Waals surface area (Å²) in [6.45, 7) is 4.28. The van der Waals surface area contributed by atoms with Crippen molar-refractivity contribution in [3.8, 4) is 0 Å². The molecule has 7 heteroatoms. The van der Waals surface area contributed by atoms with Crippen LogP contribution in [0.5, 0.6) is 0 Å². The lowest BCUT2D eigenvalue weighted by Crippen LogP contribution is -2.24. The largest absolute Gasteiger partial charge is 0.326 e. The monoisotopic (exact) mass is 311 g/mol. The van der Waals surface area contributed by atoms with Gasteiger partial charge in [0.05, 0.1) is 10.4 Å². The van der Waals surface area contributed by atoms with Crippen LogP contribution in [0, 0.1) is 13.8 Å². The lowest BCUT2D eigenvalue weighted by Gasteiger charge is -2.12. The van der Waals surface area contributed by atoms with E-state index in [0.29, 0.717) is 6.54 Å². The quantitative estimate of drug-likeness (QED) is 0.880. The van der Waals surface area contributed by atoms with Gasteiger partial charge in [-0.1, -0.05) is 6.07 Å². The van der Waals surface area contributed by atoms with E-state index in [9.17, 15) is 8.42 Å². The predicted molar refractivity (Wildman–Crippen MR) is 79.9 cm³/mol. The van der Waals surface area contributed by atoms with Crippen molar-refractivity contribution in [2.75, 3.05) is 0 Å². The van der Waals surface area contributed by atoms with Crippen LogP contribution in [0.4, 0.5) is 0 Å². The summed E-state index contributed by atoms with van der Waals surface area (Å²) in [5.74, 6) is 0. The normalized spacial score (nSPS) is 11.8. The van der Waals surface area contributed by atoms with Crippen LogP contribution in [0.15, 0.2) is 28.7 Å². The summed E-state index contributed by atoms with van der Waals surface area (Å²) in [5.41, 5.74) is 9.88. The highest BCUT2D eigenvalue weighted by molar-refractivity contribution is 7.89. The molecule has 0 saturated carbocycles. The molecule has 0 aliphatic carbocycles. The number of sulfonamides is 1. The standard InChI is InChI=1S/C13H17N3O2S2/c1-9-3-10(2)13(4-11(9)5-14)20(17,18)16-7-12-6-15-8-19-12/h3-4,6,8,16H,5,7,14H2,1-2H3. The first kappa shape index (κ1) is 15.1. The Morgan fingerprint density at radius 1 is 1.30 bits per heavy atom. The van der Waals surface area contributed by atoms with Gasteiger partial charge >= 0.3 is 0 Å². The number of rotatable bonds is 5. The maximum Gasteiger partial charge on any atom is 0.241 e. The Kier molecular flexibility index (Phi) is 4.54. The van der Waals surface area contributed by atoms with E-state index >= 15 is 0 Å². The van der Waals surface area contributed by atoms with Crippen LogP contribution < -0.4 is 10.5 Å². The highest BCUT2D eigenvalue weighted by Gasteiger charge is 2.18. The number of thiazole rings is 1. The molecule has 0 radical (unpaired) electrons. The molecule has 0 unspecified atom stereocenters. The molecular formula is C13H17N3O2S2. The van der Waals surface area contributed by atoms with Crippen molar-refractivity contribution in [3.05, 3.63) is 45.4 Å². The van der Waals surface area contributed by atoms with E-state index in [1.807, 2.05) is 13.0 Å². The number of aryl methyl sites for hydroxylation is 2. The van der Waals surface area contributed by atoms with Crippen molar-refractivity contribution in [1.29, 1.82) is 0 Å². The Hall–Kier alpha value is -1.28. The lowest BCUT2D eigenvalue weighted by atomic mass is 10.1. The summed E-state index contributed by atoms with van der Waals surface area (Å²) < 4.78 is 27.3. The molecule has 0 aliphatic heterocycles. The van der Waals surface area contributed by atoms with Crippen LogP contribution >= 0.6 is 11.3 Å². The Labute approximate surface area is 122 Å². The van der Waals surface area contributed by atoms with Gasteiger partial charge < -0.3 is 5.73 Å². The van der Waals surface area contributed by atoms with E-state index in [-0.39, 0.29) is 11.4 Å². The number of nitrogens with zero attached hydrogens (tertiary/aromatic N) is 1. The number of nitrogens with two attached hydrogens (primary N) is 1. The molecule has 20 heavy (non-hydrogen) atoms. The Morgan fingerprint density at radius 2 is 2.05 bits per heavy atom. The van der Waals surface area contributed by atoms with Crippen molar-refractivity contribution in [1.82, 2.24) is 9.71 Å². The summed E-state index contributed by atoms with van der Waals surface area (Å²) in [7, 11) is -3.54. The molecule has 108 valence electrons. The Bertz CT molecular complexity index is 695. The van der Waals surface area contributed by atoms with E-state index in [2.05, 4.69) is 9.71 Å². The van der Waals surface area contributed by atoms with Gasteiger partial charge in [-0.15, -0.1) is 11.3 Å². The van der Waals surface area contributed by atoms with E-state index in [0.717, 1.165) is 21.6 Å². The highest BCUT2D eigenvalue weighted by atomic mass is 32.2. The van der Waals surface area contributed by atoms with Gasteiger partial charge in [-0.05, 0) is 36.6 Å². The van der Waals surface area contributed by atoms with Crippen LogP contribution in [0.2, 0.25) is 0 Å². The lowest BCUT2D eigenvalue weighted by molar-refractivity contribution is 0.581. The number of aromatic nitrogens is 1. The average Bonchev–Trinajstić information content (AvgIpc) is 2.89. The van der Waals surface area contributed by atoms with Gasteiger partial charge in [-0.25, -0.2) is 13.1 Å². The molecular weight excluding hydrogens is 294 g/mol. The van der Waals surface area contributed by atoms with E-state index in [4.69, 9.17) is 5.73 Å². The topological polar surface area (TPSA) is 85.1 Å². The van der Waals surface area contributed by atoms with Gasteiger partial charge in [0.25, 0.3) is 0 Å². The van der Waals surface area contributed by atoms with Crippen LogP contribution in [0.1, 0.15) is 21.6 Å². The molecule has 2 aromatic rings. The molecule has 0 saturated heterocycles. The van der Waals surface area contributed by atoms with Crippen molar-refractivity contribution in [3.63, 3.8) is 0 Å². The minimum absolute atomic E-state index is 0.248. The summed E-state index contributed by atoms with van der Waals surface area (Å²) >= 11 is 1.42. The van der Waals surface area contributed by atoms with Gasteiger partial charge in [0.2, 0.25) is 10.0 Å². The SMILES string of the molecule is Cc1cc(C)c(S(=O)(=O)NCc2cncs2)cc1CN. The van der Waals surface area contributed by atoms with Gasteiger partial charge in [-0.2, -0.15) is 0 Å². The highest BCUT2D eigenvalue weighted by Crippen LogP contribution is 2.20. The minimum Gasteiger partial charge on any atom is -0.326 e. The molecule has 2 rings (SSSR count). The van der Waals surface area contributed by atoms with Gasteiger partial charge in [0.1, 0.15) is 0 Å².